The fourth-order valence-corrected chi connectivity index (χ4v) is 3.68. The summed E-state index contributed by atoms with van der Waals surface area (Å²) in [6.45, 7) is 6.16. The Bertz CT molecular complexity index is 912. The molecule has 0 saturated carbocycles. The van der Waals surface area contributed by atoms with Gasteiger partial charge in [-0.2, -0.15) is 0 Å². The number of hydrogen-bond donors (Lipinski definition) is 3. The van der Waals surface area contributed by atoms with Crippen LogP contribution in [-0.4, -0.2) is 26.4 Å². The molecule has 6 nitrogen and oxygen atoms in total. The van der Waals surface area contributed by atoms with Crippen molar-refractivity contribution in [3.05, 3.63) is 59.7 Å². The Morgan fingerprint density at radius 2 is 1.71 bits per heavy atom. The summed E-state index contributed by atoms with van der Waals surface area (Å²) in [6, 6.07) is 13.0. The van der Waals surface area contributed by atoms with Gasteiger partial charge < -0.3 is 11.1 Å². The number of carbonyl (C=O) groups is 1. The molecule has 154 valence electrons. The Hall–Kier alpha value is -2.09. The van der Waals surface area contributed by atoms with Crippen LogP contribution in [0.4, 0.5) is 5.69 Å². The van der Waals surface area contributed by atoms with Crippen molar-refractivity contribution in [3.8, 4) is 0 Å². The first-order chi connectivity index (χ1) is 12.7. The summed E-state index contributed by atoms with van der Waals surface area (Å²) in [5.41, 5.74) is 7.43. The van der Waals surface area contributed by atoms with E-state index in [0.717, 1.165) is 18.4 Å². The quantitative estimate of drug-likeness (QED) is 0.602. The molecule has 1 amide bonds. The predicted molar refractivity (Wildman–Crippen MR) is 116 cm³/mol. The van der Waals surface area contributed by atoms with Gasteiger partial charge in [0, 0.05) is 23.3 Å². The monoisotopic (exact) mass is 425 g/mol. The molecular weight excluding hydrogens is 398 g/mol. The molecule has 0 aliphatic carbocycles. The average Bonchev–Trinajstić information content (AvgIpc) is 2.65. The van der Waals surface area contributed by atoms with E-state index in [-0.39, 0.29) is 28.8 Å². The number of halogens is 1. The van der Waals surface area contributed by atoms with Crippen LogP contribution in [0.3, 0.4) is 0 Å². The van der Waals surface area contributed by atoms with Gasteiger partial charge in [0.05, 0.1) is 4.90 Å². The first-order valence-electron chi connectivity index (χ1n) is 8.96. The molecule has 28 heavy (non-hydrogen) atoms. The van der Waals surface area contributed by atoms with Gasteiger partial charge in [0.25, 0.3) is 15.9 Å². The summed E-state index contributed by atoms with van der Waals surface area (Å²) in [5.74, 6) is -0.348. The number of nitrogens with two attached hydrogens (primary N) is 1. The molecule has 0 aliphatic heterocycles. The van der Waals surface area contributed by atoms with E-state index in [1.165, 1.54) is 12.1 Å². The van der Waals surface area contributed by atoms with Crippen molar-refractivity contribution < 1.29 is 13.2 Å². The minimum Gasteiger partial charge on any atom is -0.350 e. The van der Waals surface area contributed by atoms with Gasteiger partial charge in [0.15, 0.2) is 0 Å². The van der Waals surface area contributed by atoms with Crippen LogP contribution in [0.25, 0.3) is 0 Å². The first-order valence-corrected chi connectivity index (χ1v) is 10.4. The second-order valence-electron chi connectivity index (χ2n) is 6.75. The van der Waals surface area contributed by atoms with Crippen molar-refractivity contribution in [1.29, 1.82) is 0 Å². The van der Waals surface area contributed by atoms with Gasteiger partial charge in [0.1, 0.15) is 0 Å². The van der Waals surface area contributed by atoms with Crippen molar-refractivity contribution in [2.45, 2.75) is 44.0 Å². The van der Waals surface area contributed by atoms with E-state index in [1.54, 1.807) is 30.3 Å². The molecule has 0 unspecified atom stereocenters. The molecule has 0 fully saturated rings. The van der Waals surface area contributed by atoms with E-state index in [1.807, 2.05) is 26.8 Å². The standard InChI is InChI=1S/C20H27N3O3S.ClH/c1-4-20(21,5-2)14-22-19(24)16-9-7-11-18(13-16)27(25,26)23-17-10-6-8-15(3)12-17;/h6-13,23H,4-5,14,21H2,1-3H3,(H,22,24);1H. The number of sulfonamides is 1. The zero-order valence-corrected chi connectivity index (χ0v) is 18.0. The first kappa shape index (κ1) is 23.9. The summed E-state index contributed by atoms with van der Waals surface area (Å²) in [6.07, 6.45) is 1.47. The minimum atomic E-state index is -3.79. The fourth-order valence-electron chi connectivity index (χ4n) is 2.59. The van der Waals surface area contributed by atoms with Crippen molar-refractivity contribution in [2.75, 3.05) is 11.3 Å². The van der Waals surface area contributed by atoms with Crippen LogP contribution in [0.1, 0.15) is 42.6 Å². The van der Waals surface area contributed by atoms with Crippen LogP contribution >= 0.6 is 12.4 Å². The van der Waals surface area contributed by atoms with Crippen molar-refractivity contribution in [2.24, 2.45) is 5.73 Å². The van der Waals surface area contributed by atoms with Gasteiger partial charge in [-0.25, -0.2) is 8.42 Å². The van der Waals surface area contributed by atoms with E-state index < -0.39 is 15.6 Å². The SMILES string of the molecule is CCC(N)(CC)CNC(=O)c1cccc(S(=O)(=O)Nc2cccc(C)c2)c1.Cl. The third-order valence-electron chi connectivity index (χ3n) is 4.69. The highest BCUT2D eigenvalue weighted by Crippen LogP contribution is 2.18. The predicted octanol–water partition coefficient (Wildman–Crippen LogP) is 3.46. The molecule has 0 bridgehead atoms. The maximum absolute atomic E-state index is 12.6. The summed E-state index contributed by atoms with van der Waals surface area (Å²) in [7, 11) is -3.79. The number of anilines is 1. The van der Waals surface area contributed by atoms with Gasteiger partial charge in [-0.05, 0) is 55.7 Å². The molecule has 0 radical (unpaired) electrons. The third kappa shape index (κ3) is 6.22. The normalized spacial score (nSPS) is 11.4. The van der Waals surface area contributed by atoms with E-state index in [9.17, 15) is 13.2 Å². The maximum atomic E-state index is 12.6. The molecular formula is C20H28ClN3O3S. The molecule has 0 saturated heterocycles. The topological polar surface area (TPSA) is 101 Å². The molecule has 0 aliphatic rings. The van der Waals surface area contributed by atoms with Crippen LogP contribution < -0.4 is 15.8 Å². The van der Waals surface area contributed by atoms with Gasteiger partial charge in [-0.3, -0.25) is 9.52 Å². The fraction of sp³-hybridized carbons (Fsp3) is 0.350. The molecule has 4 N–H and O–H groups in total. The average molecular weight is 426 g/mol. The van der Waals surface area contributed by atoms with E-state index >= 15 is 0 Å². The van der Waals surface area contributed by atoms with Crippen LogP contribution in [0.2, 0.25) is 0 Å². The van der Waals surface area contributed by atoms with Gasteiger partial charge in [-0.1, -0.05) is 32.0 Å². The van der Waals surface area contributed by atoms with Crippen molar-refractivity contribution >= 4 is 34.0 Å². The molecule has 2 rings (SSSR count). The second-order valence-corrected chi connectivity index (χ2v) is 8.44. The molecule has 0 aromatic heterocycles. The van der Waals surface area contributed by atoms with Crippen LogP contribution in [0.5, 0.6) is 0 Å². The second kappa shape index (κ2) is 9.91. The Morgan fingerprint density at radius 3 is 2.32 bits per heavy atom. The molecule has 0 heterocycles. The Kier molecular flexibility index (Phi) is 8.48. The summed E-state index contributed by atoms with van der Waals surface area (Å²) < 4.78 is 27.8. The highest BCUT2D eigenvalue weighted by Gasteiger charge is 2.22. The van der Waals surface area contributed by atoms with Crippen molar-refractivity contribution in [1.82, 2.24) is 5.32 Å². The third-order valence-corrected chi connectivity index (χ3v) is 6.07. The number of rotatable bonds is 8. The molecule has 2 aromatic rings. The smallest absolute Gasteiger partial charge is 0.261 e. The number of nitrogens with one attached hydrogen (secondary N) is 2. The number of amides is 1. The lowest BCUT2D eigenvalue weighted by molar-refractivity contribution is 0.0942. The lowest BCUT2D eigenvalue weighted by Crippen LogP contribution is -2.49. The lowest BCUT2D eigenvalue weighted by atomic mass is 9.94. The zero-order chi connectivity index (χ0) is 20.1. The summed E-state index contributed by atoms with van der Waals surface area (Å²) in [5, 5.41) is 2.80. The van der Waals surface area contributed by atoms with Gasteiger partial charge in [-0.15, -0.1) is 12.4 Å². The minimum absolute atomic E-state index is 0. The Balaban J connectivity index is 0.00000392. The number of hydrogen-bond acceptors (Lipinski definition) is 4. The number of carbonyl (C=O) groups excluding carboxylic acids is 1. The van der Waals surface area contributed by atoms with E-state index in [2.05, 4.69) is 10.0 Å². The zero-order valence-electron chi connectivity index (χ0n) is 16.4. The van der Waals surface area contributed by atoms with Crippen LogP contribution in [0.15, 0.2) is 53.4 Å². The molecule has 8 heteroatoms. The highest BCUT2D eigenvalue weighted by molar-refractivity contribution is 7.92. The maximum Gasteiger partial charge on any atom is 0.261 e. The molecule has 2 aromatic carbocycles. The Labute approximate surface area is 173 Å². The van der Waals surface area contributed by atoms with Crippen LogP contribution in [0, 0.1) is 6.92 Å². The highest BCUT2D eigenvalue weighted by atomic mass is 35.5. The summed E-state index contributed by atoms with van der Waals surface area (Å²) in [4.78, 5) is 12.5. The van der Waals surface area contributed by atoms with Crippen LogP contribution in [-0.2, 0) is 10.0 Å². The van der Waals surface area contributed by atoms with E-state index in [4.69, 9.17) is 5.73 Å². The Morgan fingerprint density at radius 1 is 1.07 bits per heavy atom. The largest absolute Gasteiger partial charge is 0.350 e. The molecule has 0 atom stereocenters. The lowest BCUT2D eigenvalue weighted by Gasteiger charge is -2.26. The van der Waals surface area contributed by atoms with Gasteiger partial charge >= 0.3 is 0 Å². The van der Waals surface area contributed by atoms with Gasteiger partial charge in [0.2, 0.25) is 0 Å². The summed E-state index contributed by atoms with van der Waals surface area (Å²) >= 11 is 0. The number of benzene rings is 2. The molecule has 0 spiro atoms. The number of aryl methyl sites for hydroxylation is 1. The van der Waals surface area contributed by atoms with E-state index in [0.29, 0.717) is 12.2 Å². The van der Waals surface area contributed by atoms with Crippen molar-refractivity contribution in [3.63, 3.8) is 0 Å².